The van der Waals surface area contributed by atoms with E-state index in [4.69, 9.17) is 5.11 Å². The smallest absolute Gasteiger partial charge is 0.418 e. The summed E-state index contributed by atoms with van der Waals surface area (Å²) in [5.41, 5.74) is -0.709. The number of hydrogen-bond donors (Lipinski definition) is 4. The Morgan fingerprint density at radius 3 is 2.59 bits per heavy atom. The van der Waals surface area contributed by atoms with E-state index in [1.165, 1.54) is 30.3 Å². The lowest BCUT2D eigenvalue weighted by Gasteiger charge is -2.06. The molecule has 1 atom stereocenters. The number of aliphatic hydroxyl groups excluding tert-OH is 1. The minimum atomic E-state index is -4.65. The first kappa shape index (κ1) is 17.1. The summed E-state index contributed by atoms with van der Waals surface area (Å²) in [6.07, 6.45) is -6.26. The Hall–Kier alpha value is -3.33. The number of aromatic nitrogens is 1. The summed E-state index contributed by atoms with van der Waals surface area (Å²) in [4.78, 5) is 17.6. The van der Waals surface area contributed by atoms with Gasteiger partial charge in [-0.05, 0) is 24.3 Å². The number of carboxylic acids is 1. The van der Waals surface area contributed by atoms with Gasteiger partial charge in [-0.15, -0.1) is 0 Å². The third-order valence-electron chi connectivity index (χ3n) is 4.43. The van der Waals surface area contributed by atoms with Gasteiger partial charge in [0.25, 0.3) is 0 Å². The average molecular weight is 376 g/mol. The summed E-state index contributed by atoms with van der Waals surface area (Å²) in [7, 11) is 0. The fourth-order valence-corrected chi connectivity index (χ4v) is 3.22. The van der Waals surface area contributed by atoms with E-state index in [2.05, 4.69) is 9.98 Å². The predicted octanol–water partition coefficient (Wildman–Crippen LogP) is 1.74. The van der Waals surface area contributed by atoms with Crippen molar-refractivity contribution in [2.24, 2.45) is 4.99 Å². The Kier molecular flexibility index (Phi) is 3.54. The van der Waals surface area contributed by atoms with Crippen molar-refractivity contribution in [3.63, 3.8) is 0 Å². The van der Waals surface area contributed by atoms with Gasteiger partial charge in [0, 0.05) is 21.7 Å². The van der Waals surface area contributed by atoms with Crippen molar-refractivity contribution < 1.29 is 33.3 Å². The number of rotatable bonds is 2. The zero-order valence-corrected chi connectivity index (χ0v) is 13.4. The minimum absolute atomic E-state index is 0.0122. The Bertz CT molecular complexity index is 1230. The standard InChI is InChI=1S/C18H11F3N2O4/c19-18(20,21)10-3-1-2-8-12(16(25)23-13(8)10)14-15(24)9-6-7(17(26)27)4-5-11(9)22-14/h1-6,16,22,24-25H,(H,26,27). The second-order valence-corrected chi connectivity index (χ2v) is 6.03. The number of benzene rings is 2. The van der Waals surface area contributed by atoms with Crippen LogP contribution < -0.4 is 10.6 Å². The molecule has 0 aliphatic carbocycles. The number of aromatic hydroxyl groups is 1. The Balaban J connectivity index is 2.03. The first-order chi connectivity index (χ1) is 12.7. The highest BCUT2D eigenvalue weighted by molar-refractivity contribution is 5.98. The van der Waals surface area contributed by atoms with E-state index in [1.807, 2.05) is 0 Å². The van der Waals surface area contributed by atoms with E-state index in [9.17, 15) is 28.2 Å². The van der Waals surface area contributed by atoms with Gasteiger partial charge >= 0.3 is 12.1 Å². The second kappa shape index (κ2) is 5.58. The van der Waals surface area contributed by atoms with Gasteiger partial charge in [0.15, 0.2) is 6.23 Å². The van der Waals surface area contributed by atoms with E-state index in [0.717, 1.165) is 6.07 Å². The highest BCUT2D eigenvalue weighted by Gasteiger charge is 2.35. The van der Waals surface area contributed by atoms with Crippen LogP contribution in [0.1, 0.15) is 21.6 Å². The molecular weight excluding hydrogens is 365 g/mol. The van der Waals surface area contributed by atoms with Crippen molar-refractivity contribution in [3.8, 4) is 5.75 Å². The van der Waals surface area contributed by atoms with Crippen LogP contribution in [-0.2, 0) is 6.18 Å². The van der Waals surface area contributed by atoms with Gasteiger partial charge in [-0.2, -0.15) is 13.2 Å². The number of nitrogens with one attached hydrogen (secondary N) is 1. The SMILES string of the molecule is O=C(O)c1ccc2[nH]c(C3=c4cccc(C(F)(F)F)c4=NC3O)c(O)c2c1. The minimum Gasteiger partial charge on any atom is -0.505 e. The molecule has 0 saturated heterocycles. The molecule has 27 heavy (non-hydrogen) atoms. The molecule has 1 aromatic heterocycles. The van der Waals surface area contributed by atoms with Gasteiger partial charge in [-0.3, -0.25) is 0 Å². The van der Waals surface area contributed by atoms with E-state index in [-0.39, 0.29) is 33.2 Å². The molecule has 1 aliphatic heterocycles. The maximum absolute atomic E-state index is 13.2. The van der Waals surface area contributed by atoms with Crippen LogP contribution in [0, 0.1) is 0 Å². The lowest BCUT2D eigenvalue weighted by atomic mass is 10.1. The topological polar surface area (TPSA) is 106 Å². The lowest BCUT2D eigenvalue weighted by Crippen LogP contribution is -2.31. The van der Waals surface area contributed by atoms with Crippen molar-refractivity contribution in [2.75, 3.05) is 0 Å². The van der Waals surface area contributed by atoms with Crippen LogP contribution in [0.5, 0.6) is 5.75 Å². The molecule has 0 radical (unpaired) electrons. The molecule has 2 heterocycles. The lowest BCUT2D eigenvalue weighted by molar-refractivity contribution is -0.138. The zero-order valence-electron chi connectivity index (χ0n) is 13.4. The number of para-hydroxylation sites is 1. The fourth-order valence-electron chi connectivity index (χ4n) is 3.22. The fraction of sp³-hybridized carbons (Fsp3) is 0.111. The van der Waals surface area contributed by atoms with Gasteiger partial charge in [-0.1, -0.05) is 12.1 Å². The van der Waals surface area contributed by atoms with Crippen LogP contribution in [-0.4, -0.2) is 32.5 Å². The van der Waals surface area contributed by atoms with Gasteiger partial charge in [-0.25, -0.2) is 9.79 Å². The van der Waals surface area contributed by atoms with E-state index >= 15 is 0 Å². The summed E-state index contributed by atoms with van der Waals surface area (Å²) in [6, 6.07) is 7.40. The monoisotopic (exact) mass is 376 g/mol. The highest BCUT2D eigenvalue weighted by Crippen LogP contribution is 2.35. The van der Waals surface area contributed by atoms with E-state index in [0.29, 0.717) is 5.52 Å². The maximum Gasteiger partial charge on any atom is 0.418 e. The van der Waals surface area contributed by atoms with Crippen LogP contribution in [0.4, 0.5) is 13.2 Å². The van der Waals surface area contributed by atoms with E-state index < -0.39 is 29.3 Å². The normalized spacial score (nSPS) is 16.4. The number of aromatic carboxylic acids is 1. The highest BCUT2D eigenvalue weighted by atomic mass is 19.4. The molecule has 2 aromatic carbocycles. The second-order valence-electron chi connectivity index (χ2n) is 6.03. The number of nitrogens with zero attached hydrogens (tertiary/aromatic N) is 1. The molecule has 138 valence electrons. The number of carbonyl (C=O) groups is 1. The molecule has 4 N–H and O–H groups in total. The number of hydrogen-bond acceptors (Lipinski definition) is 4. The first-order valence-electron chi connectivity index (χ1n) is 7.73. The molecule has 1 aliphatic rings. The summed E-state index contributed by atoms with van der Waals surface area (Å²) in [5, 5.41) is 29.6. The largest absolute Gasteiger partial charge is 0.505 e. The van der Waals surface area contributed by atoms with Gasteiger partial charge in [0.1, 0.15) is 5.75 Å². The summed E-state index contributed by atoms with van der Waals surface area (Å²) < 4.78 is 39.6. The number of aliphatic hydroxyl groups is 1. The third-order valence-corrected chi connectivity index (χ3v) is 4.43. The maximum atomic E-state index is 13.2. The Morgan fingerprint density at radius 1 is 1.19 bits per heavy atom. The molecule has 0 amide bonds. The third kappa shape index (κ3) is 2.55. The van der Waals surface area contributed by atoms with Crippen molar-refractivity contribution >= 4 is 22.4 Å². The molecule has 3 aromatic rings. The molecule has 0 fully saturated rings. The number of fused-ring (bicyclic) bond motifs is 2. The molecule has 0 saturated carbocycles. The quantitative estimate of drug-likeness (QED) is 0.547. The van der Waals surface area contributed by atoms with Crippen LogP contribution in [0.2, 0.25) is 0 Å². The van der Waals surface area contributed by atoms with Crippen LogP contribution in [0.15, 0.2) is 41.4 Å². The molecule has 0 spiro atoms. The molecular formula is C18H11F3N2O4. The molecule has 6 nitrogen and oxygen atoms in total. The van der Waals surface area contributed by atoms with Crippen molar-refractivity contribution in [3.05, 3.63) is 63.8 Å². The molecule has 1 unspecified atom stereocenters. The first-order valence-corrected chi connectivity index (χ1v) is 7.73. The van der Waals surface area contributed by atoms with Crippen LogP contribution >= 0.6 is 0 Å². The number of H-pyrrole nitrogens is 1. The van der Waals surface area contributed by atoms with Crippen molar-refractivity contribution in [1.82, 2.24) is 4.98 Å². The number of halogens is 3. The van der Waals surface area contributed by atoms with Gasteiger partial charge in [0.2, 0.25) is 0 Å². The van der Waals surface area contributed by atoms with E-state index in [1.54, 1.807) is 0 Å². The summed E-state index contributed by atoms with van der Waals surface area (Å²) in [6.45, 7) is 0. The molecule has 4 rings (SSSR count). The molecule has 9 heteroatoms. The average Bonchev–Trinajstić information content (AvgIpc) is 3.09. The zero-order chi connectivity index (χ0) is 19.5. The predicted molar refractivity (Wildman–Crippen MR) is 87.7 cm³/mol. The van der Waals surface area contributed by atoms with Crippen molar-refractivity contribution in [2.45, 2.75) is 12.4 Å². The van der Waals surface area contributed by atoms with Gasteiger partial charge < -0.3 is 20.3 Å². The Labute approximate surface area is 148 Å². The number of aromatic amines is 1. The number of alkyl halides is 3. The summed E-state index contributed by atoms with van der Waals surface area (Å²) in [5.74, 6) is -1.56. The van der Waals surface area contributed by atoms with Crippen LogP contribution in [0.25, 0.3) is 16.5 Å². The van der Waals surface area contributed by atoms with Crippen molar-refractivity contribution in [1.29, 1.82) is 0 Å². The molecule has 0 bridgehead atoms. The Morgan fingerprint density at radius 2 is 1.93 bits per heavy atom. The van der Waals surface area contributed by atoms with Crippen LogP contribution in [0.3, 0.4) is 0 Å². The summed E-state index contributed by atoms with van der Waals surface area (Å²) >= 11 is 0. The number of carboxylic acid groups (broad SMARTS) is 1. The van der Waals surface area contributed by atoms with Gasteiger partial charge in [0.05, 0.1) is 22.2 Å².